The molecule has 0 radical (unpaired) electrons. The Hall–Kier alpha value is -2.28. The largest absolute Gasteiger partial charge is 0.318 e. The number of aliphatic imine (C=N–C) groups is 1. The molecular formula is C20H16Cl2N4OS. The zero-order chi connectivity index (χ0) is 20.2. The standard InChI is InChI=1S/C20H16Cl2N4OS/c1-10-4-13(12(3)25(10)16-7-14(21)6-15(22)8-16)5-17-18(23)26-11(2)9-28-20(26)24-19(17)27/h4-9,23H,1-3H3/b17-5+,23-18?. The molecule has 1 N–H and O–H groups in total. The zero-order valence-corrected chi connectivity index (χ0v) is 17.7. The summed E-state index contributed by atoms with van der Waals surface area (Å²) in [6.45, 7) is 5.82. The van der Waals surface area contributed by atoms with Gasteiger partial charge < -0.3 is 4.57 Å². The molecule has 0 atom stereocenters. The van der Waals surface area contributed by atoms with E-state index in [0.29, 0.717) is 15.2 Å². The first-order valence-corrected chi connectivity index (χ1v) is 10.1. The van der Waals surface area contributed by atoms with Crippen LogP contribution in [0.1, 0.15) is 23.9 Å². The Bertz CT molecular complexity index is 1120. The van der Waals surface area contributed by atoms with Crippen LogP contribution in [0, 0.1) is 19.3 Å². The van der Waals surface area contributed by atoms with Gasteiger partial charge in [0.1, 0.15) is 5.84 Å². The second kappa shape index (κ2) is 6.95. The predicted octanol–water partition coefficient (Wildman–Crippen LogP) is 5.57. The maximum atomic E-state index is 12.5. The topological polar surface area (TPSA) is 61.5 Å². The van der Waals surface area contributed by atoms with Gasteiger partial charge in [-0.3, -0.25) is 15.1 Å². The van der Waals surface area contributed by atoms with Gasteiger partial charge in [0.05, 0.1) is 5.57 Å². The van der Waals surface area contributed by atoms with Crippen LogP contribution < -0.4 is 0 Å². The molecule has 3 heterocycles. The molecule has 0 fully saturated rings. The van der Waals surface area contributed by atoms with Crippen molar-refractivity contribution >= 4 is 58.0 Å². The Kier molecular flexibility index (Phi) is 4.73. The smallest absolute Gasteiger partial charge is 0.283 e. The summed E-state index contributed by atoms with van der Waals surface area (Å²) in [4.78, 5) is 18.3. The van der Waals surface area contributed by atoms with Gasteiger partial charge in [0.2, 0.25) is 0 Å². The van der Waals surface area contributed by atoms with E-state index in [9.17, 15) is 4.79 Å². The lowest BCUT2D eigenvalue weighted by Gasteiger charge is -2.25. The summed E-state index contributed by atoms with van der Waals surface area (Å²) in [5.74, 6) is -0.258. The average Bonchev–Trinajstić information content (AvgIpc) is 3.10. The highest BCUT2D eigenvalue weighted by Gasteiger charge is 2.34. The van der Waals surface area contributed by atoms with E-state index >= 15 is 0 Å². The van der Waals surface area contributed by atoms with Crippen molar-refractivity contribution < 1.29 is 4.79 Å². The third kappa shape index (κ3) is 3.11. The Morgan fingerprint density at radius 1 is 1.11 bits per heavy atom. The van der Waals surface area contributed by atoms with E-state index in [1.807, 2.05) is 48.9 Å². The molecule has 2 aliphatic rings. The number of thioether (sulfide) groups is 1. The third-order valence-electron chi connectivity index (χ3n) is 4.66. The molecule has 0 unspecified atom stereocenters. The number of nitrogens with zero attached hydrogens (tertiary/aromatic N) is 3. The van der Waals surface area contributed by atoms with Crippen molar-refractivity contribution in [1.82, 2.24) is 9.47 Å². The number of aryl methyl sites for hydroxylation is 1. The van der Waals surface area contributed by atoms with Gasteiger partial charge in [0, 0.05) is 32.8 Å². The Morgan fingerprint density at radius 2 is 1.79 bits per heavy atom. The molecule has 1 amide bonds. The van der Waals surface area contributed by atoms with Crippen LogP contribution in [0.3, 0.4) is 0 Å². The van der Waals surface area contributed by atoms with Crippen LogP contribution in [0.4, 0.5) is 0 Å². The molecule has 8 heteroatoms. The van der Waals surface area contributed by atoms with Crippen LogP contribution in [0.25, 0.3) is 11.8 Å². The number of carbonyl (C=O) groups is 1. The Morgan fingerprint density at radius 3 is 2.46 bits per heavy atom. The zero-order valence-electron chi connectivity index (χ0n) is 15.4. The maximum Gasteiger partial charge on any atom is 0.283 e. The molecule has 142 valence electrons. The first-order chi connectivity index (χ1) is 13.3. The SMILES string of the molecule is CC1=CSC2=NC(=O)/C(=C/c3cc(C)n(-c4cc(Cl)cc(Cl)c4)c3C)C(=N)N12. The number of hydrogen-bond acceptors (Lipinski definition) is 3. The molecule has 4 rings (SSSR count). The van der Waals surface area contributed by atoms with Gasteiger partial charge in [0.15, 0.2) is 5.17 Å². The highest BCUT2D eigenvalue weighted by Crippen LogP contribution is 2.33. The molecule has 1 aromatic carbocycles. The summed E-state index contributed by atoms with van der Waals surface area (Å²) in [6, 6.07) is 7.33. The van der Waals surface area contributed by atoms with Gasteiger partial charge in [-0.15, -0.1) is 0 Å². The number of allylic oxidation sites excluding steroid dienone is 1. The number of nitrogens with one attached hydrogen (secondary N) is 1. The highest BCUT2D eigenvalue weighted by molar-refractivity contribution is 8.16. The van der Waals surface area contributed by atoms with Crippen LogP contribution in [0.15, 0.2) is 45.9 Å². The van der Waals surface area contributed by atoms with Crippen LogP contribution >= 0.6 is 35.0 Å². The van der Waals surface area contributed by atoms with E-state index < -0.39 is 5.91 Å². The maximum absolute atomic E-state index is 12.5. The van der Waals surface area contributed by atoms with Crippen molar-refractivity contribution in [3.8, 4) is 5.69 Å². The third-order valence-corrected chi connectivity index (χ3v) is 6.04. The number of carbonyl (C=O) groups excluding carboxylic acids is 1. The molecular weight excluding hydrogens is 415 g/mol. The number of aromatic nitrogens is 1. The lowest BCUT2D eigenvalue weighted by atomic mass is 10.1. The van der Waals surface area contributed by atoms with Gasteiger partial charge in [-0.05, 0) is 62.1 Å². The quantitative estimate of drug-likeness (QED) is 0.633. The van der Waals surface area contributed by atoms with Crippen molar-refractivity contribution in [2.24, 2.45) is 4.99 Å². The van der Waals surface area contributed by atoms with Gasteiger partial charge >= 0.3 is 0 Å². The van der Waals surface area contributed by atoms with Crippen molar-refractivity contribution in [3.05, 3.63) is 67.9 Å². The molecule has 28 heavy (non-hydrogen) atoms. The van der Waals surface area contributed by atoms with Crippen LogP contribution in [0.5, 0.6) is 0 Å². The molecule has 5 nitrogen and oxygen atoms in total. The number of amidine groups is 2. The second-order valence-electron chi connectivity index (χ2n) is 6.61. The van der Waals surface area contributed by atoms with Gasteiger partial charge in [-0.25, -0.2) is 0 Å². The number of benzene rings is 1. The number of hydrogen-bond donors (Lipinski definition) is 1. The van der Waals surface area contributed by atoms with Gasteiger partial charge in [0.25, 0.3) is 5.91 Å². The van der Waals surface area contributed by atoms with E-state index in [-0.39, 0.29) is 11.4 Å². The average molecular weight is 431 g/mol. The molecule has 0 saturated heterocycles. The van der Waals surface area contributed by atoms with Crippen molar-refractivity contribution in [1.29, 1.82) is 5.41 Å². The summed E-state index contributed by atoms with van der Waals surface area (Å²) >= 11 is 13.7. The van der Waals surface area contributed by atoms with Crippen LogP contribution in [-0.4, -0.2) is 26.4 Å². The fourth-order valence-electron chi connectivity index (χ4n) is 3.40. The van der Waals surface area contributed by atoms with Crippen molar-refractivity contribution in [2.75, 3.05) is 0 Å². The summed E-state index contributed by atoms with van der Waals surface area (Å²) in [5.41, 5.74) is 4.72. The molecule has 1 aromatic heterocycles. The molecule has 2 aliphatic heterocycles. The van der Waals surface area contributed by atoms with Crippen LogP contribution in [0.2, 0.25) is 10.0 Å². The lowest BCUT2D eigenvalue weighted by Crippen LogP contribution is -2.37. The summed E-state index contributed by atoms with van der Waals surface area (Å²) in [7, 11) is 0. The van der Waals surface area contributed by atoms with E-state index in [2.05, 4.69) is 4.99 Å². The van der Waals surface area contributed by atoms with E-state index in [0.717, 1.165) is 28.3 Å². The predicted molar refractivity (Wildman–Crippen MR) is 117 cm³/mol. The number of rotatable bonds is 2. The number of amides is 1. The second-order valence-corrected chi connectivity index (χ2v) is 8.32. The first kappa shape index (κ1) is 19.1. The van der Waals surface area contributed by atoms with Crippen molar-refractivity contribution in [2.45, 2.75) is 20.8 Å². The number of halogens is 2. The summed E-state index contributed by atoms with van der Waals surface area (Å²) in [6.07, 6.45) is 1.73. The van der Waals surface area contributed by atoms with E-state index in [1.165, 1.54) is 11.8 Å². The summed E-state index contributed by atoms with van der Waals surface area (Å²) in [5, 5.41) is 12.0. The number of fused-ring (bicyclic) bond motifs is 1. The minimum atomic E-state index is -0.401. The fraction of sp³-hybridized carbons (Fsp3) is 0.150. The molecule has 0 aliphatic carbocycles. The lowest BCUT2D eigenvalue weighted by molar-refractivity contribution is -0.114. The Labute approximate surface area is 176 Å². The van der Waals surface area contributed by atoms with Gasteiger partial charge in [-0.1, -0.05) is 35.0 Å². The molecule has 0 saturated carbocycles. The van der Waals surface area contributed by atoms with Gasteiger partial charge in [-0.2, -0.15) is 4.99 Å². The minimum Gasteiger partial charge on any atom is -0.318 e. The normalized spacial score (nSPS) is 17.9. The summed E-state index contributed by atoms with van der Waals surface area (Å²) < 4.78 is 2.02. The fourth-order valence-corrected chi connectivity index (χ4v) is 4.77. The van der Waals surface area contributed by atoms with E-state index in [4.69, 9.17) is 28.6 Å². The molecule has 0 spiro atoms. The minimum absolute atomic E-state index is 0.143. The van der Waals surface area contributed by atoms with Crippen molar-refractivity contribution in [3.63, 3.8) is 0 Å². The van der Waals surface area contributed by atoms with E-state index in [1.54, 1.807) is 17.0 Å². The molecule has 2 aromatic rings. The monoisotopic (exact) mass is 430 g/mol. The Balaban J connectivity index is 1.80. The first-order valence-electron chi connectivity index (χ1n) is 8.49. The van der Waals surface area contributed by atoms with Crippen LogP contribution in [-0.2, 0) is 4.79 Å². The highest BCUT2D eigenvalue weighted by atomic mass is 35.5. The molecule has 0 bridgehead atoms.